The van der Waals surface area contributed by atoms with Crippen molar-refractivity contribution in [1.29, 1.82) is 0 Å². The van der Waals surface area contributed by atoms with Crippen LogP contribution in [0.1, 0.15) is 27.0 Å². The van der Waals surface area contributed by atoms with E-state index >= 15 is 0 Å². The van der Waals surface area contributed by atoms with E-state index in [2.05, 4.69) is 15.6 Å². The van der Waals surface area contributed by atoms with Crippen molar-refractivity contribution in [2.45, 2.75) is 6.17 Å². The predicted octanol–water partition coefficient (Wildman–Crippen LogP) is 4.80. The van der Waals surface area contributed by atoms with E-state index in [-0.39, 0.29) is 11.5 Å². The molecule has 4 aromatic carbocycles. The summed E-state index contributed by atoms with van der Waals surface area (Å²) < 4.78 is 5.55. The summed E-state index contributed by atoms with van der Waals surface area (Å²) in [5.41, 5.74) is 5.05. The van der Waals surface area contributed by atoms with Gasteiger partial charge in [0.1, 0.15) is 5.75 Å². The van der Waals surface area contributed by atoms with Gasteiger partial charge < -0.3 is 10.1 Å². The zero-order valence-electron chi connectivity index (χ0n) is 18.9. The Labute approximate surface area is 206 Å². The van der Waals surface area contributed by atoms with E-state index in [0.29, 0.717) is 28.1 Å². The minimum absolute atomic E-state index is 0.121. The Balaban J connectivity index is 1.31. The lowest BCUT2D eigenvalue weighted by Crippen LogP contribution is -2.43. The lowest BCUT2D eigenvalue weighted by Gasteiger charge is -2.14. The maximum absolute atomic E-state index is 13.0. The molecule has 2 N–H and O–H groups in total. The van der Waals surface area contributed by atoms with Crippen molar-refractivity contribution >= 4 is 29.2 Å². The number of fused-ring (bicyclic) bond motifs is 4. The topological polar surface area (TPSA) is 96.9 Å². The fourth-order valence-corrected chi connectivity index (χ4v) is 4.55. The van der Waals surface area contributed by atoms with Crippen LogP contribution in [0.3, 0.4) is 0 Å². The van der Waals surface area contributed by atoms with Crippen LogP contribution in [0.4, 0.5) is 10.5 Å². The molecule has 2 amide bonds. The second kappa shape index (κ2) is 8.63. The molecule has 0 saturated carbocycles. The van der Waals surface area contributed by atoms with Gasteiger partial charge in [-0.05, 0) is 23.3 Å². The molecule has 0 spiro atoms. The normalized spacial score (nSPS) is 15.6. The number of nitrogens with one attached hydrogen (secondary N) is 2. The first-order chi connectivity index (χ1) is 17.6. The van der Waals surface area contributed by atoms with Crippen LogP contribution >= 0.6 is 0 Å². The molecule has 2 aliphatic rings. The van der Waals surface area contributed by atoms with Crippen molar-refractivity contribution in [3.63, 3.8) is 0 Å². The van der Waals surface area contributed by atoms with Crippen molar-refractivity contribution in [2.75, 3.05) is 5.32 Å². The van der Waals surface area contributed by atoms with Gasteiger partial charge >= 0.3 is 6.09 Å². The zero-order valence-corrected chi connectivity index (χ0v) is 18.9. The third-order valence-corrected chi connectivity index (χ3v) is 6.17. The predicted molar refractivity (Wildman–Crippen MR) is 135 cm³/mol. The van der Waals surface area contributed by atoms with Gasteiger partial charge in [-0.3, -0.25) is 14.9 Å². The SMILES string of the molecule is O=C(NC1N=C(c2ccccc2)c2ccccc2NC1=O)Oc1cccc2c1C(=O)c1ccccc1-2. The van der Waals surface area contributed by atoms with Crippen LogP contribution in [-0.4, -0.2) is 29.7 Å². The highest BCUT2D eigenvalue weighted by Gasteiger charge is 2.32. The number of hydrogen-bond donors (Lipinski definition) is 2. The minimum Gasteiger partial charge on any atom is -0.409 e. The first-order valence-corrected chi connectivity index (χ1v) is 11.4. The molecule has 36 heavy (non-hydrogen) atoms. The molecule has 7 nitrogen and oxygen atoms in total. The molecular formula is C29H19N3O4. The van der Waals surface area contributed by atoms with E-state index in [1.807, 2.05) is 66.7 Å². The van der Waals surface area contributed by atoms with Gasteiger partial charge in [0.05, 0.1) is 17.0 Å². The number of para-hydroxylation sites is 1. The van der Waals surface area contributed by atoms with E-state index in [1.165, 1.54) is 0 Å². The molecule has 0 fully saturated rings. The van der Waals surface area contributed by atoms with Crippen LogP contribution in [0, 0.1) is 0 Å². The summed E-state index contributed by atoms with van der Waals surface area (Å²) in [6.45, 7) is 0. The minimum atomic E-state index is -1.25. The summed E-state index contributed by atoms with van der Waals surface area (Å²) in [5.74, 6) is -0.598. The second-order valence-corrected chi connectivity index (χ2v) is 8.37. The highest BCUT2D eigenvalue weighted by Crippen LogP contribution is 2.41. The fourth-order valence-electron chi connectivity index (χ4n) is 4.55. The highest BCUT2D eigenvalue weighted by atomic mass is 16.6. The van der Waals surface area contributed by atoms with E-state index in [1.54, 1.807) is 30.3 Å². The number of benzodiazepines with no additional fused rings is 1. The summed E-state index contributed by atoms with van der Waals surface area (Å²) in [6, 6.07) is 29.1. The number of ether oxygens (including phenoxy) is 1. The molecule has 0 bridgehead atoms. The second-order valence-electron chi connectivity index (χ2n) is 8.37. The Morgan fingerprint density at radius 1 is 0.750 bits per heavy atom. The molecule has 1 unspecified atom stereocenters. The lowest BCUT2D eigenvalue weighted by atomic mass is 10.0. The van der Waals surface area contributed by atoms with Crippen LogP contribution in [0.25, 0.3) is 11.1 Å². The van der Waals surface area contributed by atoms with E-state index in [4.69, 9.17) is 4.74 Å². The first kappa shape index (κ1) is 21.5. The third kappa shape index (κ3) is 3.63. The largest absolute Gasteiger partial charge is 0.414 e. The average Bonchev–Trinajstić information content (AvgIpc) is 3.12. The first-order valence-electron chi connectivity index (χ1n) is 11.4. The van der Waals surface area contributed by atoms with E-state index in [9.17, 15) is 14.4 Å². The third-order valence-electron chi connectivity index (χ3n) is 6.17. The van der Waals surface area contributed by atoms with Gasteiger partial charge in [0.15, 0.2) is 5.78 Å². The maximum atomic E-state index is 13.0. The molecule has 1 atom stereocenters. The lowest BCUT2D eigenvalue weighted by molar-refractivity contribution is -0.117. The van der Waals surface area contributed by atoms with E-state index < -0.39 is 18.2 Å². The van der Waals surface area contributed by atoms with Crippen LogP contribution in [0.5, 0.6) is 5.75 Å². The number of ketones is 1. The number of hydrogen-bond acceptors (Lipinski definition) is 5. The quantitative estimate of drug-likeness (QED) is 0.393. The van der Waals surface area contributed by atoms with Gasteiger partial charge in [0.2, 0.25) is 6.17 Å². The molecule has 0 saturated heterocycles. The summed E-state index contributed by atoms with van der Waals surface area (Å²) in [6.07, 6.45) is -2.14. The van der Waals surface area contributed by atoms with Crippen LogP contribution in [0.2, 0.25) is 0 Å². The number of nitrogens with zero attached hydrogens (tertiary/aromatic N) is 1. The van der Waals surface area contributed by atoms with Crippen LogP contribution in [-0.2, 0) is 4.79 Å². The molecule has 0 aromatic heterocycles. The Morgan fingerprint density at radius 3 is 2.22 bits per heavy atom. The average molecular weight is 473 g/mol. The molecule has 7 heteroatoms. The Hall–Kier alpha value is -5.04. The Morgan fingerprint density at radius 2 is 1.42 bits per heavy atom. The summed E-state index contributed by atoms with van der Waals surface area (Å²) >= 11 is 0. The summed E-state index contributed by atoms with van der Waals surface area (Å²) in [7, 11) is 0. The van der Waals surface area contributed by atoms with Crippen molar-refractivity contribution in [1.82, 2.24) is 5.32 Å². The number of anilines is 1. The number of amides is 2. The number of carbonyl (C=O) groups excluding carboxylic acids is 3. The smallest absolute Gasteiger partial charge is 0.409 e. The Kier molecular flexibility index (Phi) is 5.15. The monoisotopic (exact) mass is 473 g/mol. The molecule has 4 aromatic rings. The number of rotatable bonds is 3. The van der Waals surface area contributed by atoms with E-state index in [0.717, 1.165) is 16.7 Å². The summed E-state index contributed by atoms with van der Waals surface area (Å²) in [4.78, 5) is 43.5. The number of carbonyl (C=O) groups is 3. The summed E-state index contributed by atoms with van der Waals surface area (Å²) in [5, 5.41) is 5.37. The van der Waals surface area contributed by atoms with Crippen molar-refractivity contribution in [3.05, 3.63) is 119 Å². The fraction of sp³-hybridized carbons (Fsp3) is 0.0345. The van der Waals surface area contributed by atoms with Crippen LogP contribution < -0.4 is 15.4 Å². The molecule has 1 aliphatic carbocycles. The van der Waals surface area contributed by atoms with Gasteiger partial charge in [-0.1, -0.05) is 84.9 Å². The number of aliphatic imine (C=N–C) groups is 1. The maximum Gasteiger partial charge on any atom is 0.414 e. The molecule has 6 rings (SSSR count). The zero-order chi connectivity index (χ0) is 24.6. The molecular weight excluding hydrogens is 454 g/mol. The number of benzene rings is 4. The molecule has 0 radical (unpaired) electrons. The van der Waals surface area contributed by atoms with Gasteiger partial charge in [0.25, 0.3) is 5.91 Å². The standard InChI is InChI=1S/C29H19N3O4/c33-26-20-12-5-4-11-18(20)19-14-8-16-23(24(19)26)36-29(35)32-27-28(34)30-22-15-7-6-13-21(22)25(31-27)17-9-2-1-3-10-17/h1-16,27H,(H,30,34)(H,32,35). The van der Waals surface area contributed by atoms with Gasteiger partial charge in [0, 0.05) is 16.7 Å². The van der Waals surface area contributed by atoms with Crippen LogP contribution in [0.15, 0.2) is 102 Å². The van der Waals surface area contributed by atoms with Crippen molar-refractivity contribution in [2.24, 2.45) is 4.99 Å². The van der Waals surface area contributed by atoms with Gasteiger partial charge in [-0.25, -0.2) is 9.79 Å². The molecule has 174 valence electrons. The Bertz CT molecular complexity index is 1580. The molecule has 1 aliphatic heterocycles. The van der Waals surface area contributed by atoms with Crippen molar-refractivity contribution < 1.29 is 19.1 Å². The highest BCUT2D eigenvalue weighted by molar-refractivity contribution is 6.23. The van der Waals surface area contributed by atoms with Crippen molar-refractivity contribution in [3.8, 4) is 16.9 Å². The van der Waals surface area contributed by atoms with Gasteiger partial charge in [-0.2, -0.15) is 0 Å². The van der Waals surface area contributed by atoms with Gasteiger partial charge in [-0.15, -0.1) is 0 Å². The molecule has 1 heterocycles.